The number of ether oxygens (including phenoxy) is 1. The average Bonchev–Trinajstić information content (AvgIpc) is 2.36. The summed E-state index contributed by atoms with van der Waals surface area (Å²) >= 11 is -5.30. The van der Waals surface area contributed by atoms with Gasteiger partial charge in [-0.3, -0.25) is 0 Å². The van der Waals surface area contributed by atoms with Crippen molar-refractivity contribution in [1.82, 2.24) is 0 Å². The van der Waals surface area contributed by atoms with Crippen LogP contribution >= 0.6 is 0 Å². The summed E-state index contributed by atoms with van der Waals surface area (Å²) in [7, 11) is 0. The SMILES string of the molecule is CCC(Oc1ccc([As](=O)(O)O)cc1[N+](=O)[O-])O[N+](=O)[O-]. The Hall–Kier alpha value is -2.10. The minimum absolute atomic E-state index is 0.0300. The Morgan fingerprint density at radius 3 is 2.38 bits per heavy atom. The fourth-order valence-corrected chi connectivity index (χ4v) is 2.52. The van der Waals surface area contributed by atoms with Gasteiger partial charge in [0.2, 0.25) is 0 Å². The molecule has 0 saturated carbocycles. The van der Waals surface area contributed by atoms with E-state index in [1.165, 1.54) is 6.92 Å². The van der Waals surface area contributed by atoms with Crippen LogP contribution in [0.1, 0.15) is 13.3 Å². The molecule has 1 rings (SSSR count). The van der Waals surface area contributed by atoms with Gasteiger partial charge in [0, 0.05) is 0 Å². The van der Waals surface area contributed by atoms with Crippen LogP contribution in [-0.2, 0) is 8.58 Å². The van der Waals surface area contributed by atoms with E-state index in [-0.39, 0.29) is 12.2 Å². The van der Waals surface area contributed by atoms with Gasteiger partial charge in [-0.15, -0.1) is 0 Å². The van der Waals surface area contributed by atoms with Gasteiger partial charge in [0.25, 0.3) is 0 Å². The van der Waals surface area contributed by atoms with E-state index in [9.17, 15) is 24.0 Å². The molecule has 0 amide bonds. The summed E-state index contributed by atoms with van der Waals surface area (Å²) in [6, 6.07) is 2.59. The second-order valence-corrected chi connectivity index (χ2v) is 7.10. The third-order valence-electron chi connectivity index (χ3n) is 2.27. The summed E-state index contributed by atoms with van der Waals surface area (Å²) in [4.78, 5) is 24.4. The topological polar surface area (TPSA) is 162 Å². The van der Waals surface area contributed by atoms with Gasteiger partial charge in [-0.05, 0) is 0 Å². The molecule has 0 aliphatic heterocycles. The number of benzene rings is 1. The van der Waals surface area contributed by atoms with E-state index in [2.05, 4.69) is 4.84 Å². The Labute approximate surface area is 120 Å². The van der Waals surface area contributed by atoms with Crippen molar-refractivity contribution in [3.8, 4) is 5.75 Å². The van der Waals surface area contributed by atoms with E-state index < -0.39 is 40.5 Å². The number of nitrogens with zero attached hydrogens (tertiary/aromatic N) is 2. The van der Waals surface area contributed by atoms with Gasteiger partial charge in [-0.25, -0.2) is 0 Å². The van der Waals surface area contributed by atoms with Gasteiger partial charge in [-0.1, -0.05) is 0 Å². The van der Waals surface area contributed by atoms with Crippen molar-refractivity contribution in [2.75, 3.05) is 0 Å². The zero-order valence-electron chi connectivity index (χ0n) is 10.6. The number of hydrogen-bond donors (Lipinski definition) is 2. The fourth-order valence-electron chi connectivity index (χ4n) is 1.35. The maximum absolute atomic E-state index is 11.1. The molecule has 116 valence electrons. The number of hydrogen-bond acceptors (Lipinski definition) is 7. The van der Waals surface area contributed by atoms with Crippen molar-refractivity contribution in [1.29, 1.82) is 0 Å². The number of rotatable bonds is 7. The van der Waals surface area contributed by atoms with Crippen molar-refractivity contribution in [3.63, 3.8) is 0 Å². The van der Waals surface area contributed by atoms with Gasteiger partial charge in [0.15, 0.2) is 0 Å². The Kier molecular flexibility index (Phi) is 5.30. The molecule has 0 saturated heterocycles. The van der Waals surface area contributed by atoms with Crippen LogP contribution in [-0.4, -0.2) is 38.7 Å². The van der Waals surface area contributed by atoms with Crippen LogP contribution < -0.4 is 9.09 Å². The molecule has 1 unspecified atom stereocenters. The molecule has 0 spiro atoms. The van der Waals surface area contributed by atoms with E-state index in [0.29, 0.717) is 6.07 Å². The van der Waals surface area contributed by atoms with Crippen LogP contribution in [0.3, 0.4) is 0 Å². The zero-order chi connectivity index (χ0) is 16.2. The molecule has 12 heteroatoms. The Morgan fingerprint density at radius 1 is 1.33 bits per heavy atom. The molecule has 0 radical (unpaired) electrons. The quantitative estimate of drug-likeness (QED) is 0.280. The summed E-state index contributed by atoms with van der Waals surface area (Å²) in [5.74, 6) is -0.388. The summed E-state index contributed by atoms with van der Waals surface area (Å²) in [6.07, 6.45) is -1.34. The second-order valence-electron chi connectivity index (χ2n) is 3.74. The number of nitro groups is 1. The fraction of sp³-hybridized carbons (Fsp3) is 0.333. The molecule has 0 aliphatic rings. The molecule has 1 atom stereocenters. The van der Waals surface area contributed by atoms with Gasteiger partial charge < -0.3 is 0 Å². The molecule has 2 N–H and O–H groups in total. The molecule has 0 aliphatic carbocycles. The standard InChI is InChI=1S/C9H11AsN2O9/c1-2-9(21-12(18)19)20-8-4-3-6(10(13,14)15)5-7(8)11(16)17/h3-5,9H,2H2,1H3,(H2,13,14,15). The second kappa shape index (κ2) is 6.57. The Morgan fingerprint density at radius 2 is 1.95 bits per heavy atom. The first-order chi connectivity index (χ1) is 9.65. The molecular weight excluding hydrogens is 355 g/mol. The summed E-state index contributed by atoms with van der Waals surface area (Å²) in [6.45, 7) is 1.49. The Bertz CT molecular complexity index is 599. The van der Waals surface area contributed by atoms with Crippen LogP contribution in [0.4, 0.5) is 5.69 Å². The molecular formula is C9H11AsN2O9. The van der Waals surface area contributed by atoms with Gasteiger partial charge >= 0.3 is 120 Å². The van der Waals surface area contributed by atoms with Crippen molar-refractivity contribution < 1.29 is 31.5 Å². The van der Waals surface area contributed by atoms with Gasteiger partial charge in [0.1, 0.15) is 0 Å². The molecule has 0 aromatic heterocycles. The molecule has 0 heterocycles. The molecule has 1 aromatic carbocycles. The summed E-state index contributed by atoms with van der Waals surface area (Å²) < 4.78 is 33.7. The van der Waals surface area contributed by atoms with E-state index in [1.807, 2.05) is 0 Å². The van der Waals surface area contributed by atoms with E-state index in [0.717, 1.165) is 12.1 Å². The molecule has 0 bridgehead atoms. The monoisotopic (exact) mass is 366 g/mol. The van der Waals surface area contributed by atoms with Gasteiger partial charge in [-0.2, -0.15) is 0 Å². The van der Waals surface area contributed by atoms with E-state index in [1.54, 1.807) is 0 Å². The molecule has 1 aromatic rings. The first-order valence-corrected chi connectivity index (χ1v) is 8.85. The number of nitro benzene ring substituents is 1. The summed E-state index contributed by atoms with van der Waals surface area (Å²) in [5.41, 5.74) is -0.720. The summed E-state index contributed by atoms with van der Waals surface area (Å²) in [5, 5.41) is 20.0. The van der Waals surface area contributed by atoms with Crippen molar-refractivity contribution >= 4 is 24.2 Å². The van der Waals surface area contributed by atoms with Crippen LogP contribution in [0, 0.1) is 20.2 Å². The average molecular weight is 366 g/mol. The first kappa shape index (κ1) is 17.0. The van der Waals surface area contributed by atoms with Crippen LogP contribution in [0.5, 0.6) is 5.75 Å². The van der Waals surface area contributed by atoms with Crippen LogP contribution in [0.2, 0.25) is 0 Å². The zero-order valence-corrected chi connectivity index (χ0v) is 12.5. The van der Waals surface area contributed by atoms with E-state index >= 15 is 0 Å². The predicted molar refractivity (Wildman–Crippen MR) is 66.4 cm³/mol. The third-order valence-corrected chi connectivity index (χ3v) is 4.27. The van der Waals surface area contributed by atoms with Crippen molar-refractivity contribution in [2.24, 2.45) is 0 Å². The Balaban J connectivity index is 3.15. The third kappa shape index (κ3) is 4.74. The minimum atomic E-state index is -5.30. The predicted octanol–water partition coefficient (Wildman–Crippen LogP) is -0.521. The van der Waals surface area contributed by atoms with E-state index in [4.69, 9.17) is 12.9 Å². The normalized spacial score (nSPS) is 12.5. The maximum atomic E-state index is 11.1. The molecule has 21 heavy (non-hydrogen) atoms. The molecule has 0 fully saturated rings. The van der Waals surface area contributed by atoms with Crippen LogP contribution in [0.25, 0.3) is 0 Å². The first-order valence-electron chi connectivity index (χ1n) is 5.47. The van der Waals surface area contributed by atoms with Crippen molar-refractivity contribution in [3.05, 3.63) is 38.4 Å². The molecule has 11 nitrogen and oxygen atoms in total. The van der Waals surface area contributed by atoms with Gasteiger partial charge in [0.05, 0.1) is 0 Å². The van der Waals surface area contributed by atoms with Crippen LogP contribution in [0.15, 0.2) is 18.2 Å². The van der Waals surface area contributed by atoms with Crippen molar-refractivity contribution in [2.45, 2.75) is 19.6 Å².